The fourth-order valence-electron chi connectivity index (χ4n) is 5.14. The molecule has 5 rings (SSSR count). The number of carbonyl (C=O) groups is 2. The molecule has 5 heterocycles. The van der Waals surface area contributed by atoms with E-state index in [1.54, 1.807) is 12.3 Å². The van der Waals surface area contributed by atoms with Crippen molar-refractivity contribution < 1.29 is 14.3 Å². The van der Waals surface area contributed by atoms with Crippen molar-refractivity contribution in [3.05, 3.63) is 53.3 Å². The van der Waals surface area contributed by atoms with Gasteiger partial charge >= 0.3 is 0 Å². The summed E-state index contributed by atoms with van der Waals surface area (Å²) in [5.74, 6) is 0.112. The highest BCUT2D eigenvalue weighted by Crippen LogP contribution is 2.37. The second-order valence-electron chi connectivity index (χ2n) is 11.1. The van der Waals surface area contributed by atoms with E-state index >= 15 is 0 Å². The monoisotopic (exact) mass is 521 g/mol. The van der Waals surface area contributed by atoms with Crippen molar-refractivity contribution in [3.63, 3.8) is 0 Å². The van der Waals surface area contributed by atoms with Crippen LogP contribution in [0.3, 0.4) is 0 Å². The molecule has 2 fully saturated rings. The number of anilines is 1. The Hall–Kier alpha value is -3.04. The standard InChI is InChI=1S/C28H35N5O3S/c1-28(2,3)33-12-11-19(16-33)26(35)29-15-25(34)32-27-31-24(17-37-27)23-6-4-5-20(30-23)8-7-18-13-21-9-10-22(14-18)36-21/h4-6,11-12,16-18,21-22H,7-10,13-15H2,1-3H3,(H,29,35)(H,31,32,34). The van der Waals surface area contributed by atoms with Crippen molar-refractivity contribution in [2.24, 2.45) is 5.92 Å². The number of thiazole rings is 1. The maximum atomic E-state index is 12.4. The van der Waals surface area contributed by atoms with Crippen LogP contribution >= 0.6 is 11.3 Å². The molecular weight excluding hydrogens is 486 g/mol. The van der Waals surface area contributed by atoms with Gasteiger partial charge in [0.1, 0.15) is 5.69 Å². The number of nitrogens with one attached hydrogen (secondary N) is 2. The lowest BCUT2D eigenvalue weighted by atomic mass is 9.90. The molecule has 0 aliphatic carbocycles. The normalized spacial score (nSPS) is 21.1. The first-order valence-electron chi connectivity index (χ1n) is 13.1. The number of fused-ring (bicyclic) bond motifs is 2. The number of nitrogens with zero attached hydrogens (tertiary/aromatic N) is 3. The smallest absolute Gasteiger partial charge is 0.253 e. The molecule has 3 aromatic rings. The molecule has 196 valence electrons. The van der Waals surface area contributed by atoms with E-state index in [0.29, 0.717) is 22.9 Å². The summed E-state index contributed by atoms with van der Waals surface area (Å²) < 4.78 is 7.94. The number of ether oxygens (including phenoxy) is 1. The van der Waals surface area contributed by atoms with Crippen molar-refractivity contribution in [1.29, 1.82) is 0 Å². The first kappa shape index (κ1) is 25.6. The highest BCUT2D eigenvalue weighted by molar-refractivity contribution is 7.14. The summed E-state index contributed by atoms with van der Waals surface area (Å²) in [5.41, 5.74) is 3.02. The van der Waals surface area contributed by atoms with E-state index in [9.17, 15) is 9.59 Å². The Morgan fingerprint density at radius 3 is 2.62 bits per heavy atom. The Balaban J connectivity index is 1.11. The number of aryl methyl sites for hydroxylation is 1. The van der Waals surface area contributed by atoms with Gasteiger partial charge in [-0.25, -0.2) is 4.98 Å². The average molecular weight is 522 g/mol. The summed E-state index contributed by atoms with van der Waals surface area (Å²) in [6.07, 6.45) is 11.5. The molecule has 0 saturated carbocycles. The van der Waals surface area contributed by atoms with Gasteiger partial charge in [0.15, 0.2) is 5.13 Å². The van der Waals surface area contributed by atoms with Crippen LogP contribution in [0.2, 0.25) is 0 Å². The third kappa shape index (κ3) is 6.45. The minimum absolute atomic E-state index is 0.114. The van der Waals surface area contributed by atoms with E-state index in [-0.39, 0.29) is 23.9 Å². The second-order valence-corrected chi connectivity index (χ2v) is 12.0. The molecule has 0 spiro atoms. The van der Waals surface area contributed by atoms with E-state index in [2.05, 4.69) is 42.5 Å². The lowest BCUT2D eigenvalue weighted by Crippen LogP contribution is -2.32. The molecule has 37 heavy (non-hydrogen) atoms. The van der Waals surface area contributed by atoms with E-state index < -0.39 is 0 Å². The van der Waals surface area contributed by atoms with Gasteiger partial charge in [0.25, 0.3) is 5.91 Å². The third-order valence-corrected chi connectivity index (χ3v) is 7.91. The number of rotatable bonds is 8. The van der Waals surface area contributed by atoms with Gasteiger partial charge in [-0.3, -0.25) is 14.6 Å². The molecule has 2 aliphatic heterocycles. The Bertz CT molecular complexity index is 1250. The highest BCUT2D eigenvalue weighted by atomic mass is 32.1. The molecule has 2 bridgehead atoms. The summed E-state index contributed by atoms with van der Waals surface area (Å²) in [6.45, 7) is 6.06. The van der Waals surface area contributed by atoms with Gasteiger partial charge < -0.3 is 19.9 Å². The molecule has 9 heteroatoms. The van der Waals surface area contributed by atoms with E-state index in [1.807, 2.05) is 28.3 Å². The maximum absolute atomic E-state index is 12.4. The number of hydrogen-bond donors (Lipinski definition) is 2. The fourth-order valence-corrected chi connectivity index (χ4v) is 5.86. The minimum Gasteiger partial charge on any atom is -0.375 e. The summed E-state index contributed by atoms with van der Waals surface area (Å²) in [4.78, 5) is 34.2. The fraction of sp³-hybridized carbons (Fsp3) is 0.500. The summed E-state index contributed by atoms with van der Waals surface area (Å²) >= 11 is 1.35. The highest BCUT2D eigenvalue weighted by Gasteiger charge is 2.34. The summed E-state index contributed by atoms with van der Waals surface area (Å²) in [7, 11) is 0. The van der Waals surface area contributed by atoms with Crippen LogP contribution in [0.15, 0.2) is 42.0 Å². The van der Waals surface area contributed by atoms with Crippen molar-refractivity contribution in [2.45, 2.75) is 77.0 Å². The minimum atomic E-state index is -0.323. The lowest BCUT2D eigenvalue weighted by molar-refractivity contribution is -0.115. The Labute approximate surface area is 221 Å². The number of hydrogen-bond acceptors (Lipinski definition) is 6. The zero-order chi connectivity index (χ0) is 26.0. The summed E-state index contributed by atoms with van der Waals surface area (Å²) in [5, 5.41) is 7.83. The topological polar surface area (TPSA) is 98.1 Å². The van der Waals surface area contributed by atoms with Crippen molar-refractivity contribution in [3.8, 4) is 11.4 Å². The SMILES string of the molecule is CC(C)(C)n1ccc(C(=O)NCC(=O)Nc2nc(-c3cccc(CCC4CC5CCC(C4)O5)n3)cs2)c1. The first-order chi connectivity index (χ1) is 17.7. The molecule has 2 unspecified atom stereocenters. The number of aromatic nitrogens is 3. The quantitative estimate of drug-likeness (QED) is 0.434. The number of pyridine rings is 1. The molecule has 3 aromatic heterocycles. The van der Waals surface area contributed by atoms with Crippen LogP contribution in [-0.4, -0.2) is 45.1 Å². The van der Waals surface area contributed by atoms with Crippen LogP contribution in [0, 0.1) is 5.92 Å². The molecule has 2 amide bonds. The Morgan fingerprint density at radius 2 is 1.89 bits per heavy atom. The average Bonchev–Trinajstić information content (AvgIpc) is 3.62. The van der Waals surface area contributed by atoms with Crippen LogP contribution in [0.1, 0.15) is 68.9 Å². The molecular formula is C28H35N5O3S. The maximum Gasteiger partial charge on any atom is 0.253 e. The number of carbonyl (C=O) groups excluding carboxylic acids is 2. The number of amides is 2. The molecule has 0 aromatic carbocycles. The molecule has 2 N–H and O–H groups in total. The van der Waals surface area contributed by atoms with Crippen molar-refractivity contribution in [2.75, 3.05) is 11.9 Å². The van der Waals surface area contributed by atoms with Crippen LogP contribution in [0.25, 0.3) is 11.4 Å². The summed E-state index contributed by atoms with van der Waals surface area (Å²) in [6, 6.07) is 7.79. The first-order valence-corrected chi connectivity index (χ1v) is 13.9. The van der Waals surface area contributed by atoms with Gasteiger partial charge in [-0.05, 0) is 83.4 Å². The van der Waals surface area contributed by atoms with Gasteiger partial charge in [-0.1, -0.05) is 6.07 Å². The predicted octanol–water partition coefficient (Wildman–Crippen LogP) is 5.02. The third-order valence-electron chi connectivity index (χ3n) is 7.16. The molecule has 0 radical (unpaired) electrons. The largest absolute Gasteiger partial charge is 0.375 e. The zero-order valence-electron chi connectivity index (χ0n) is 21.7. The zero-order valence-corrected chi connectivity index (χ0v) is 22.5. The van der Waals surface area contributed by atoms with Gasteiger partial charge in [-0.2, -0.15) is 0 Å². The van der Waals surface area contributed by atoms with E-state index in [1.165, 1.54) is 37.0 Å². The van der Waals surface area contributed by atoms with Crippen molar-refractivity contribution in [1.82, 2.24) is 19.9 Å². The molecule has 2 atom stereocenters. The lowest BCUT2D eigenvalue weighted by Gasteiger charge is -2.28. The van der Waals surface area contributed by atoms with E-state index in [0.717, 1.165) is 35.8 Å². The van der Waals surface area contributed by atoms with Crippen LogP contribution in [-0.2, 0) is 21.5 Å². The van der Waals surface area contributed by atoms with Gasteiger partial charge in [0, 0.05) is 29.0 Å². The van der Waals surface area contributed by atoms with Crippen LogP contribution in [0.5, 0.6) is 0 Å². The predicted molar refractivity (Wildman–Crippen MR) is 145 cm³/mol. The molecule has 2 saturated heterocycles. The molecule has 2 aliphatic rings. The second kappa shape index (κ2) is 10.8. The van der Waals surface area contributed by atoms with Crippen molar-refractivity contribution >= 4 is 28.3 Å². The Kier molecular flexibility index (Phi) is 7.44. The van der Waals surface area contributed by atoms with Gasteiger partial charge in [-0.15, -0.1) is 11.3 Å². The molecule has 8 nitrogen and oxygen atoms in total. The van der Waals surface area contributed by atoms with E-state index in [4.69, 9.17) is 9.72 Å². The van der Waals surface area contributed by atoms with Gasteiger partial charge in [0.2, 0.25) is 5.91 Å². The Morgan fingerprint density at radius 1 is 1.11 bits per heavy atom. The van der Waals surface area contributed by atoms with Crippen LogP contribution in [0.4, 0.5) is 5.13 Å². The van der Waals surface area contributed by atoms with Crippen LogP contribution < -0.4 is 10.6 Å². The van der Waals surface area contributed by atoms with Gasteiger partial charge in [0.05, 0.1) is 30.0 Å².